The van der Waals surface area contributed by atoms with Gasteiger partial charge in [-0.2, -0.15) is 0 Å². The fraction of sp³-hybridized carbons (Fsp3) is 0.750. The van der Waals surface area contributed by atoms with Crippen LogP contribution in [0.3, 0.4) is 0 Å². The Morgan fingerprint density at radius 1 is 1.21 bits per heavy atom. The quantitative estimate of drug-likeness (QED) is 0.881. The van der Waals surface area contributed by atoms with Gasteiger partial charge >= 0.3 is 0 Å². The van der Waals surface area contributed by atoms with E-state index in [0.29, 0.717) is 11.5 Å². The highest BCUT2D eigenvalue weighted by Gasteiger charge is 2.25. The Morgan fingerprint density at radius 2 is 1.84 bits per heavy atom. The Morgan fingerprint density at radius 3 is 2.47 bits per heavy atom. The molecule has 1 N–H and O–H groups in total. The van der Waals surface area contributed by atoms with E-state index in [1.54, 1.807) is 0 Å². The zero-order chi connectivity index (χ0) is 13.9. The Hall–Kier alpha value is -0.380. The molecule has 1 aromatic rings. The van der Waals surface area contributed by atoms with Crippen molar-refractivity contribution in [2.45, 2.75) is 59.7 Å². The molecule has 0 unspecified atom stereocenters. The molecule has 0 aromatic carbocycles. The van der Waals surface area contributed by atoms with E-state index in [4.69, 9.17) is 0 Å². The highest BCUT2D eigenvalue weighted by atomic mass is 32.1. The lowest BCUT2D eigenvalue weighted by molar-refractivity contribution is 0.128. The summed E-state index contributed by atoms with van der Waals surface area (Å²) in [6, 6.07) is 5.15. The summed E-state index contributed by atoms with van der Waals surface area (Å²) >= 11 is 1.96. The van der Waals surface area contributed by atoms with Gasteiger partial charge in [0, 0.05) is 28.9 Å². The third-order valence-corrected chi connectivity index (χ3v) is 5.06. The molecular weight excluding hydrogens is 252 g/mol. The van der Waals surface area contributed by atoms with Gasteiger partial charge in [0.1, 0.15) is 0 Å². The first-order valence-electron chi connectivity index (χ1n) is 7.48. The minimum atomic E-state index is 0.554. The van der Waals surface area contributed by atoms with E-state index >= 15 is 0 Å². The first-order chi connectivity index (χ1) is 8.94. The van der Waals surface area contributed by atoms with Gasteiger partial charge in [-0.3, -0.25) is 4.90 Å². The normalized spacial score (nSPS) is 20.1. The second kappa shape index (κ2) is 6.38. The van der Waals surface area contributed by atoms with Crippen LogP contribution in [0.25, 0.3) is 0 Å². The van der Waals surface area contributed by atoms with Crippen molar-refractivity contribution in [3.05, 3.63) is 21.9 Å². The number of hydrogen-bond acceptors (Lipinski definition) is 3. The van der Waals surface area contributed by atoms with Gasteiger partial charge in [-0.05, 0) is 43.5 Å². The molecule has 1 saturated heterocycles. The van der Waals surface area contributed by atoms with Crippen LogP contribution in [0.5, 0.6) is 0 Å². The van der Waals surface area contributed by atoms with Crippen LogP contribution in [0.2, 0.25) is 0 Å². The van der Waals surface area contributed by atoms with Crippen LogP contribution >= 0.6 is 11.3 Å². The maximum Gasteiger partial charge on any atom is 0.0328 e. The van der Waals surface area contributed by atoms with Gasteiger partial charge < -0.3 is 5.32 Å². The van der Waals surface area contributed by atoms with Crippen LogP contribution in [0.15, 0.2) is 12.1 Å². The second-order valence-electron chi connectivity index (χ2n) is 6.84. The van der Waals surface area contributed by atoms with Crippen molar-refractivity contribution in [1.29, 1.82) is 0 Å². The Bertz CT molecular complexity index is 385. The molecule has 108 valence electrons. The minimum absolute atomic E-state index is 0.554. The molecule has 0 bridgehead atoms. The number of piperidine rings is 1. The van der Waals surface area contributed by atoms with Crippen molar-refractivity contribution in [2.24, 2.45) is 5.41 Å². The minimum Gasteiger partial charge on any atom is -0.310 e. The molecule has 0 amide bonds. The molecule has 2 nitrogen and oxygen atoms in total. The third-order valence-electron chi connectivity index (χ3n) is 3.99. The standard InChI is InChI=1S/C16H28N2S/c1-13(2)17-11-14-5-6-15(19-14)12-18-9-7-16(3,4)8-10-18/h5-6,13,17H,7-12H2,1-4H3. The summed E-state index contributed by atoms with van der Waals surface area (Å²) in [7, 11) is 0. The SMILES string of the molecule is CC(C)NCc1ccc(CN2CCC(C)(C)CC2)s1. The van der Waals surface area contributed by atoms with Gasteiger partial charge in [-0.1, -0.05) is 27.7 Å². The molecule has 19 heavy (non-hydrogen) atoms. The molecular formula is C16H28N2S. The lowest BCUT2D eigenvalue weighted by Crippen LogP contribution is -2.36. The summed E-state index contributed by atoms with van der Waals surface area (Å²) in [6.45, 7) is 13.8. The van der Waals surface area contributed by atoms with Crippen molar-refractivity contribution < 1.29 is 0 Å². The smallest absolute Gasteiger partial charge is 0.0328 e. The van der Waals surface area contributed by atoms with Gasteiger partial charge in [0.05, 0.1) is 0 Å². The molecule has 2 heterocycles. The van der Waals surface area contributed by atoms with Crippen LogP contribution in [-0.2, 0) is 13.1 Å². The summed E-state index contributed by atoms with van der Waals surface area (Å²) in [5.41, 5.74) is 0.554. The van der Waals surface area contributed by atoms with Gasteiger partial charge in [-0.15, -0.1) is 11.3 Å². The summed E-state index contributed by atoms with van der Waals surface area (Å²) in [4.78, 5) is 5.58. The average Bonchev–Trinajstić information content (AvgIpc) is 2.77. The van der Waals surface area contributed by atoms with E-state index in [-0.39, 0.29) is 0 Å². The highest BCUT2D eigenvalue weighted by Crippen LogP contribution is 2.31. The van der Waals surface area contributed by atoms with Crippen LogP contribution < -0.4 is 5.32 Å². The predicted molar refractivity (Wildman–Crippen MR) is 84.6 cm³/mol. The third kappa shape index (κ3) is 4.90. The Balaban J connectivity index is 1.80. The Kier molecular flexibility index (Phi) is 5.04. The van der Waals surface area contributed by atoms with Crippen LogP contribution in [0, 0.1) is 5.41 Å². The first kappa shape index (κ1) is 15.0. The number of rotatable bonds is 5. The van der Waals surface area contributed by atoms with Crippen molar-refractivity contribution >= 4 is 11.3 Å². The molecule has 0 aliphatic carbocycles. The van der Waals surface area contributed by atoms with Gasteiger partial charge in [0.2, 0.25) is 0 Å². The van der Waals surface area contributed by atoms with Crippen molar-refractivity contribution in [3.63, 3.8) is 0 Å². The average molecular weight is 280 g/mol. The van der Waals surface area contributed by atoms with Crippen molar-refractivity contribution in [1.82, 2.24) is 10.2 Å². The van der Waals surface area contributed by atoms with Gasteiger partial charge in [0.15, 0.2) is 0 Å². The summed E-state index contributed by atoms with van der Waals surface area (Å²) in [6.07, 6.45) is 2.67. The number of nitrogens with one attached hydrogen (secondary N) is 1. The summed E-state index contributed by atoms with van der Waals surface area (Å²) in [5.74, 6) is 0. The zero-order valence-electron chi connectivity index (χ0n) is 12.8. The van der Waals surface area contributed by atoms with E-state index < -0.39 is 0 Å². The van der Waals surface area contributed by atoms with E-state index in [1.165, 1.54) is 35.7 Å². The topological polar surface area (TPSA) is 15.3 Å². The largest absolute Gasteiger partial charge is 0.310 e. The lowest BCUT2D eigenvalue weighted by Gasteiger charge is -2.36. The summed E-state index contributed by atoms with van der Waals surface area (Å²) in [5, 5.41) is 3.49. The first-order valence-corrected chi connectivity index (χ1v) is 8.30. The molecule has 2 rings (SSSR count). The molecule has 0 radical (unpaired) electrons. The zero-order valence-corrected chi connectivity index (χ0v) is 13.6. The monoisotopic (exact) mass is 280 g/mol. The fourth-order valence-corrected chi connectivity index (χ4v) is 3.46. The molecule has 3 heteroatoms. The Labute approximate surface area is 122 Å². The van der Waals surface area contributed by atoms with Crippen LogP contribution in [0.4, 0.5) is 0 Å². The summed E-state index contributed by atoms with van der Waals surface area (Å²) < 4.78 is 0. The van der Waals surface area contributed by atoms with Gasteiger partial charge in [0.25, 0.3) is 0 Å². The van der Waals surface area contributed by atoms with E-state index in [1.807, 2.05) is 11.3 Å². The van der Waals surface area contributed by atoms with Crippen LogP contribution in [0.1, 0.15) is 50.3 Å². The number of hydrogen-bond donors (Lipinski definition) is 1. The maximum atomic E-state index is 3.49. The lowest BCUT2D eigenvalue weighted by atomic mass is 9.83. The van der Waals surface area contributed by atoms with E-state index in [9.17, 15) is 0 Å². The molecule has 0 spiro atoms. The number of nitrogens with zero attached hydrogens (tertiary/aromatic N) is 1. The highest BCUT2D eigenvalue weighted by molar-refractivity contribution is 7.11. The maximum absolute atomic E-state index is 3.49. The van der Waals surface area contributed by atoms with Crippen molar-refractivity contribution in [2.75, 3.05) is 13.1 Å². The van der Waals surface area contributed by atoms with E-state index in [0.717, 1.165) is 13.1 Å². The molecule has 1 aliphatic heterocycles. The molecule has 1 aromatic heterocycles. The molecule has 0 saturated carbocycles. The van der Waals surface area contributed by atoms with Crippen molar-refractivity contribution in [3.8, 4) is 0 Å². The predicted octanol–water partition coefficient (Wildman–Crippen LogP) is 3.87. The fourth-order valence-electron chi connectivity index (χ4n) is 2.44. The molecule has 1 aliphatic rings. The van der Waals surface area contributed by atoms with E-state index in [2.05, 4.69) is 50.0 Å². The number of thiophene rings is 1. The van der Waals surface area contributed by atoms with Gasteiger partial charge in [-0.25, -0.2) is 0 Å². The number of likely N-dealkylation sites (tertiary alicyclic amines) is 1. The second-order valence-corrected chi connectivity index (χ2v) is 8.10. The molecule has 0 atom stereocenters. The molecule has 1 fully saturated rings. The van der Waals surface area contributed by atoms with Crippen LogP contribution in [-0.4, -0.2) is 24.0 Å².